The van der Waals surface area contributed by atoms with Crippen molar-refractivity contribution >= 4 is 0 Å². The number of nitrogens with two attached hydrogens (primary N) is 4. The molecule has 0 rings (SSSR count). The van der Waals surface area contributed by atoms with Crippen molar-refractivity contribution in [3.63, 3.8) is 0 Å². The van der Waals surface area contributed by atoms with Gasteiger partial charge in [-0.25, -0.2) is 0 Å². The second-order valence-corrected chi connectivity index (χ2v) is 3.19. The molecule has 0 aromatic rings. The fraction of sp³-hybridized carbons (Fsp3) is 1.00. The SMILES string of the molecule is NCCCCC(N)C(N)CCN. The Hall–Kier alpha value is -0.160. The van der Waals surface area contributed by atoms with Gasteiger partial charge in [0.05, 0.1) is 0 Å². The van der Waals surface area contributed by atoms with E-state index in [1.807, 2.05) is 0 Å². The van der Waals surface area contributed by atoms with E-state index in [9.17, 15) is 0 Å². The van der Waals surface area contributed by atoms with Gasteiger partial charge in [-0.1, -0.05) is 6.42 Å². The van der Waals surface area contributed by atoms with Crippen LogP contribution < -0.4 is 22.9 Å². The summed E-state index contributed by atoms with van der Waals surface area (Å²) in [5, 5.41) is 0. The Labute approximate surface area is 74.7 Å². The van der Waals surface area contributed by atoms with Gasteiger partial charge in [0, 0.05) is 12.1 Å². The minimum atomic E-state index is 0.0489. The van der Waals surface area contributed by atoms with E-state index in [2.05, 4.69) is 0 Å². The molecule has 0 aliphatic rings. The first-order valence-electron chi connectivity index (χ1n) is 4.63. The molecule has 4 heteroatoms. The minimum Gasteiger partial charge on any atom is -0.330 e. The van der Waals surface area contributed by atoms with Crippen molar-refractivity contribution < 1.29 is 0 Å². The van der Waals surface area contributed by atoms with Crippen molar-refractivity contribution in [3.05, 3.63) is 0 Å². The maximum absolute atomic E-state index is 5.82. The molecule has 0 amide bonds. The van der Waals surface area contributed by atoms with Crippen LogP contribution in [-0.2, 0) is 0 Å². The quantitative estimate of drug-likeness (QED) is 0.376. The van der Waals surface area contributed by atoms with Gasteiger partial charge in [0.2, 0.25) is 0 Å². The lowest BCUT2D eigenvalue weighted by molar-refractivity contribution is 0.458. The molecular weight excluding hydrogens is 152 g/mol. The number of unbranched alkanes of at least 4 members (excludes halogenated alkanes) is 1. The Morgan fingerprint density at radius 2 is 1.33 bits per heavy atom. The van der Waals surface area contributed by atoms with Gasteiger partial charge in [-0.3, -0.25) is 0 Å². The van der Waals surface area contributed by atoms with Crippen LogP contribution in [0.5, 0.6) is 0 Å². The largest absolute Gasteiger partial charge is 0.330 e. The van der Waals surface area contributed by atoms with Crippen molar-refractivity contribution in [3.8, 4) is 0 Å². The molecule has 0 aliphatic heterocycles. The van der Waals surface area contributed by atoms with E-state index in [0.717, 1.165) is 32.2 Å². The molecule has 0 saturated carbocycles. The summed E-state index contributed by atoms with van der Waals surface area (Å²) < 4.78 is 0. The maximum atomic E-state index is 5.82. The summed E-state index contributed by atoms with van der Waals surface area (Å²) in [6, 6.07) is 0.132. The summed E-state index contributed by atoms with van der Waals surface area (Å²) in [5.41, 5.74) is 22.3. The van der Waals surface area contributed by atoms with Crippen LogP contribution in [0, 0.1) is 0 Å². The van der Waals surface area contributed by atoms with Crippen molar-refractivity contribution in [2.45, 2.75) is 37.8 Å². The first kappa shape index (κ1) is 11.8. The minimum absolute atomic E-state index is 0.0489. The lowest BCUT2D eigenvalue weighted by Gasteiger charge is -2.18. The van der Waals surface area contributed by atoms with Gasteiger partial charge in [-0.15, -0.1) is 0 Å². The fourth-order valence-electron chi connectivity index (χ4n) is 1.14. The van der Waals surface area contributed by atoms with E-state index in [-0.39, 0.29) is 12.1 Å². The zero-order chi connectivity index (χ0) is 9.40. The zero-order valence-corrected chi connectivity index (χ0v) is 7.71. The Bertz CT molecular complexity index is 97.1. The van der Waals surface area contributed by atoms with Gasteiger partial charge in [0.25, 0.3) is 0 Å². The summed E-state index contributed by atoms with van der Waals surface area (Å²) in [4.78, 5) is 0. The molecule has 0 heterocycles. The molecular formula is C8H22N4. The highest BCUT2D eigenvalue weighted by Crippen LogP contribution is 2.02. The summed E-state index contributed by atoms with van der Waals surface area (Å²) >= 11 is 0. The Kier molecular flexibility index (Phi) is 7.39. The predicted molar refractivity (Wildman–Crippen MR) is 52.5 cm³/mol. The first-order valence-corrected chi connectivity index (χ1v) is 4.63. The molecule has 0 saturated heterocycles. The van der Waals surface area contributed by atoms with Gasteiger partial charge in [-0.2, -0.15) is 0 Å². The van der Waals surface area contributed by atoms with E-state index < -0.39 is 0 Å². The highest BCUT2D eigenvalue weighted by molar-refractivity contribution is 4.75. The molecule has 0 bridgehead atoms. The smallest absolute Gasteiger partial charge is 0.0204 e. The van der Waals surface area contributed by atoms with Crippen molar-refractivity contribution in [2.75, 3.05) is 13.1 Å². The van der Waals surface area contributed by atoms with Gasteiger partial charge >= 0.3 is 0 Å². The van der Waals surface area contributed by atoms with Gasteiger partial charge < -0.3 is 22.9 Å². The van der Waals surface area contributed by atoms with Crippen LogP contribution in [0.25, 0.3) is 0 Å². The molecule has 0 aromatic carbocycles. The summed E-state index contributed by atoms with van der Waals surface area (Å²) in [7, 11) is 0. The third-order valence-corrected chi connectivity index (χ3v) is 2.04. The highest BCUT2D eigenvalue weighted by Gasteiger charge is 2.10. The summed E-state index contributed by atoms with van der Waals surface area (Å²) in [6.45, 7) is 1.35. The summed E-state index contributed by atoms with van der Waals surface area (Å²) in [5.74, 6) is 0. The summed E-state index contributed by atoms with van der Waals surface area (Å²) in [6.07, 6.45) is 3.86. The monoisotopic (exact) mass is 174 g/mol. The molecule has 4 nitrogen and oxygen atoms in total. The van der Waals surface area contributed by atoms with E-state index in [0.29, 0.717) is 6.54 Å². The molecule has 8 N–H and O–H groups in total. The second kappa shape index (κ2) is 7.49. The second-order valence-electron chi connectivity index (χ2n) is 3.19. The van der Waals surface area contributed by atoms with Crippen LogP contribution in [0.2, 0.25) is 0 Å². The van der Waals surface area contributed by atoms with Gasteiger partial charge in [-0.05, 0) is 32.4 Å². The molecule has 0 radical (unpaired) electrons. The maximum Gasteiger partial charge on any atom is 0.0204 e. The number of hydrogen-bond donors (Lipinski definition) is 4. The topological polar surface area (TPSA) is 104 Å². The molecule has 0 spiro atoms. The van der Waals surface area contributed by atoms with Crippen LogP contribution in [-0.4, -0.2) is 25.2 Å². The van der Waals surface area contributed by atoms with Crippen molar-refractivity contribution in [1.82, 2.24) is 0 Å². The van der Waals surface area contributed by atoms with Gasteiger partial charge in [0.15, 0.2) is 0 Å². The highest BCUT2D eigenvalue weighted by atomic mass is 14.8. The average molecular weight is 174 g/mol. The normalized spacial score (nSPS) is 16.0. The van der Waals surface area contributed by atoms with Crippen LogP contribution in [0.15, 0.2) is 0 Å². The lowest BCUT2D eigenvalue weighted by atomic mass is 10.0. The Balaban J connectivity index is 3.35. The number of hydrogen-bond acceptors (Lipinski definition) is 4. The van der Waals surface area contributed by atoms with Crippen molar-refractivity contribution in [2.24, 2.45) is 22.9 Å². The molecule has 0 aromatic heterocycles. The Morgan fingerprint density at radius 1 is 0.750 bits per heavy atom. The zero-order valence-electron chi connectivity index (χ0n) is 7.71. The van der Waals surface area contributed by atoms with Crippen LogP contribution in [0.4, 0.5) is 0 Å². The first-order chi connectivity index (χ1) is 5.72. The molecule has 2 unspecified atom stereocenters. The third-order valence-electron chi connectivity index (χ3n) is 2.04. The average Bonchev–Trinajstić information content (AvgIpc) is 2.05. The van der Waals surface area contributed by atoms with Crippen LogP contribution in [0.3, 0.4) is 0 Å². The molecule has 2 atom stereocenters. The van der Waals surface area contributed by atoms with E-state index in [4.69, 9.17) is 22.9 Å². The Morgan fingerprint density at radius 3 is 1.83 bits per heavy atom. The lowest BCUT2D eigenvalue weighted by Crippen LogP contribution is -2.42. The van der Waals surface area contributed by atoms with Crippen LogP contribution >= 0.6 is 0 Å². The van der Waals surface area contributed by atoms with E-state index in [1.165, 1.54) is 0 Å². The molecule has 74 valence electrons. The molecule has 0 fully saturated rings. The van der Waals surface area contributed by atoms with E-state index in [1.54, 1.807) is 0 Å². The van der Waals surface area contributed by atoms with Crippen molar-refractivity contribution in [1.29, 1.82) is 0 Å². The molecule has 12 heavy (non-hydrogen) atoms. The standard InChI is InChI=1S/C8H22N4/c9-5-2-1-3-7(11)8(12)4-6-10/h7-8H,1-6,9-12H2. The van der Waals surface area contributed by atoms with Gasteiger partial charge in [0.1, 0.15) is 0 Å². The third kappa shape index (κ3) is 5.49. The fourth-order valence-corrected chi connectivity index (χ4v) is 1.14. The molecule has 0 aliphatic carbocycles. The predicted octanol–water partition coefficient (Wildman–Crippen LogP) is -0.881. The number of rotatable bonds is 7. The van der Waals surface area contributed by atoms with Crippen LogP contribution in [0.1, 0.15) is 25.7 Å². The van der Waals surface area contributed by atoms with E-state index >= 15 is 0 Å².